The molecule has 13 heavy (non-hydrogen) atoms. The summed E-state index contributed by atoms with van der Waals surface area (Å²) in [7, 11) is 0. The van der Waals surface area contributed by atoms with Gasteiger partial charge in [-0.15, -0.1) is 11.6 Å². The second kappa shape index (κ2) is 4.33. The molecule has 0 saturated heterocycles. The lowest BCUT2D eigenvalue weighted by molar-refractivity contribution is 0.547. The number of hydrogen-bond acceptors (Lipinski definition) is 3. The number of rotatable bonds is 3. The van der Waals surface area contributed by atoms with Crippen molar-refractivity contribution in [2.45, 2.75) is 31.3 Å². The predicted molar refractivity (Wildman–Crippen MR) is 56.5 cm³/mol. The maximum atomic E-state index is 5.57. The Kier molecular flexibility index (Phi) is 3.62. The van der Waals surface area contributed by atoms with E-state index in [9.17, 15) is 0 Å². The molecule has 1 heterocycles. The summed E-state index contributed by atoms with van der Waals surface area (Å²) in [6.45, 7) is 6.27. The van der Waals surface area contributed by atoms with Crippen molar-refractivity contribution in [2.75, 3.05) is 11.6 Å². The van der Waals surface area contributed by atoms with E-state index < -0.39 is 0 Å². The molecule has 74 valence electrons. The molecule has 0 atom stereocenters. The molecule has 1 aromatic rings. The van der Waals surface area contributed by atoms with Gasteiger partial charge >= 0.3 is 0 Å². The molecule has 5 heteroatoms. The summed E-state index contributed by atoms with van der Waals surface area (Å²) in [5.74, 6) is 2.35. The number of aromatic amines is 1. The van der Waals surface area contributed by atoms with Crippen molar-refractivity contribution >= 4 is 23.4 Å². The number of thioether (sulfide) groups is 1. The summed E-state index contributed by atoms with van der Waals surface area (Å²) in [5, 5.41) is 7.88. The summed E-state index contributed by atoms with van der Waals surface area (Å²) >= 11 is 7.16. The molecule has 1 aromatic heterocycles. The van der Waals surface area contributed by atoms with E-state index in [1.165, 1.54) is 0 Å². The van der Waals surface area contributed by atoms with Gasteiger partial charge in [-0.3, -0.25) is 5.10 Å². The summed E-state index contributed by atoms with van der Waals surface area (Å²) in [4.78, 5) is 4.36. The molecule has 0 spiro atoms. The smallest absolute Gasteiger partial charge is 0.183 e. The van der Waals surface area contributed by atoms with Crippen molar-refractivity contribution in [2.24, 2.45) is 0 Å². The molecule has 0 fully saturated rings. The molecule has 0 aliphatic heterocycles. The first-order chi connectivity index (χ1) is 6.04. The summed E-state index contributed by atoms with van der Waals surface area (Å²) in [5.41, 5.74) is 0.0102. The normalized spacial score (nSPS) is 12.0. The third-order valence-corrected chi connectivity index (χ3v) is 2.73. The number of halogens is 1. The van der Waals surface area contributed by atoms with Crippen LogP contribution in [-0.2, 0) is 5.41 Å². The molecule has 0 aliphatic carbocycles. The molecule has 0 radical (unpaired) electrons. The molecule has 0 saturated carbocycles. The zero-order valence-corrected chi connectivity index (χ0v) is 9.67. The Morgan fingerprint density at radius 3 is 2.62 bits per heavy atom. The van der Waals surface area contributed by atoms with Gasteiger partial charge in [0.15, 0.2) is 11.0 Å². The predicted octanol–water partition coefficient (Wildman–Crippen LogP) is 2.43. The fourth-order valence-electron chi connectivity index (χ4n) is 0.782. The SMILES string of the molecule is CC(C)(C)c1n[nH]c(SCCCl)n1. The van der Waals surface area contributed by atoms with Crippen molar-refractivity contribution in [1.82, 2.24) is 15.2 Å². The van der Waals surface area contributed by atoms with Crippen LogP contribution >= 0.6 is 23.4 Å². The Balaban J connectivity index is 2.64. The summed E-state index contributed by atoms with van der Waals surface area (Å²) < 4.78 is 0. The quantitative estimate of drug-likeness (QED) is 0.627. The van der Waals surface area contributed by atoms with Crippen molar-refractivity contribution in [3.8, 4) is 0 Å². The van der Waals surface area contributed by atoms with Crippen molar-refractivity contribution in [3.05, 3.63) is 5.82 Å². The average molecular weight is 220 g/mol. The van der Waals surface area contributed by atoms with Gasteiger partial charge in [0.25, 0.3) is 0 Å². The van der Waals surface area contributed by atoms with E-state index in [4.69, 9.17) is 11.6 Å². The van der Waals surface area contributed by atoms with E-state index in [0.717, 1.165) is 16.7 Å². The number of aromatic nitrogens is 3. The highest BCUT2D eigenvalue weighted by molar-refractivity contribution is 7.99. The Labute approximate surface area is 87.7 Å². The van der Waals surface area contributed by atoms with Crippen LogP contribution in [0.3, 0.4) is 0 Å². The average Bonchev–Trinajstić information content (AvgIpc) is 2.47. The van der Waals surface area contributed by atoms with Crippen LogP contribution in [0.25, 0.3) is 0 Å². The van der Waals surface area contributed by atoms with E-state index >= 15 is 0 Å². The lowest BCUT2D eigenvalue weighted by Gasteiger charge is -2.11. The fourth-order valence-corrected chi connectivity index (χ4v) is 1.55. The minimum Gasteiger partial charge on any atom is -0.254 e. The zero-order chi connectivity index (χ0) is 9.90. The molecule has 0 aliphatic rings. The van der Waals surface area contributed by atoms with Crippen LogP contribution in [0.5, 0.6) is 0 Å². The Morgan fingerprint density at radius 2 is 2.15 bits per heavy atom. The number of hydrogen-bond donors (Lipinski definition) is 1. The highest BCUT2D eigenvalue weighted by Gasteiger charge is 2.19. The summed E-state index contributed by atoms with van der Waals surface area (Å²) in [6, 6.07) is 0. The van der Waals surface area contributed by atoms with Gasteiger partial charge in [0, 0.05) is 17.0 Å². The lowest BCUT2D eigenvalue weighted by atomic mass is 9.96. The van der Waals surface area contributed by atoms with Gasteiger partial charge in [-0.25, -0.2) is 4.98 Å². The van der Waals surface area contributed by atoms with Crippen LogP contribution in [0, 0.1) is 0 Å². The van der Waals surface area contributed by atoms with Crippen LogP contribution in [0.2, 0.25) is 0 Å². The van der Waals surface area contributed by atoms with E-state index in [1.54, 1.807) is 11.8 Å². The standard InChI is InChI=1S/C8H14ClN3S/c1-8(2,3)6-10-7(12-11-6)13-5-4-9/h4-5H2,1-3H3,(H,10,11,12). The molecule has 1 rings (SSSR count). The van der Waals surface area contributed by atoms with Gasteiger partial charge in [0.1, 0.15) is 0 Å². The summed E-state index contributed by atoms with van der Waals surface area (Å²) in [6.07, 6.45) is 0. The van der Waals surface area contributed by atoms with Crippen molar-refractivity contribution in [1.29, 1.82) is 0 Å². The first-order valence-corrected chi connectivity index (χ1v) is 5.67. The van der Waals surface area contributed by atoms with Crippen LogP contribution in [0.4, 0.5) is 0 Å². The number of nitrogens with zero attached hydrogens (tertiary/aromatic N) is 2. The van der Waals surface area contributed by atoms with Gasteiger partial charge < -0.3 is 0 Å². The van der Waals surface area contributed by atoms with E-state index in [2.05, 4.69) is 36.0 Å². The molecule has 0 bridgehead atoms. The molecule has 0 aromatic carbocycles. The first kappa shape index (κ1) is 10.9. The number of nitrogens with one attached hydrogen (secondary N) is 1. The second-order valence-electron chi connectivity index (χ2n) is 3.75. The second-order valence-corrected chi connectivity index (χ2v) is 5.21. The van der Waals surface area contributed by atoms with Gasteiger partial charge in [0.05, 0.1) is 0 Å². The number of H-pyrrole nitrogens is 1. The van der Waals surface area contributed by atoms with Crippen molar-refractivity contribution in [3.63, 3.8) is 0 Å². The van der Waals surface area contributed by atoms with E-state index in [-0.39, 0.29) is 5.41 Å². The fraction of sp³-hybridized carbons (Fsp3) is 0.750. The number of alkyl halides is 1. The van der Waals surface area contributed by atoms with Crippen LogP contribution in [0.1, 0.15) is 26.6 Å². The molecular formula is C8H14ClN3S. The van der Waals surface area contributed by atoms with Gasteiger partial charge in [-0.1, -0.05) is 32.5 Å². The van der Waals surface area contributed by atoms with Crippen LogP contribution in [0.15, 0.2) is 5.16 Å². The van der Waals surface area contributed by atoms with Gasteiger partial charge in [-0.05, 0) is 0 Å². The third-order valence-electron chi connectivity index (χ3n) is 1.45. The van der Waals surface area contributed by atoms with Crippen LogP contribution < -0.4 is 0 Å². The maximum Gasteiger partial charge on any atom is 0.183 e. The van der Waals surface area contributed by atoms with E-state index in [0.29, 0.717) is 5.88 Å². The Bertz CT molecular complexity index is 267. The first-order valence-electron chi connectivity index (χ1n) is 4.15. The molecular weight excluding hydrogens is 206 g/mol. The van der Waals surface area contributed by atoms with Gasteiger partial charge in [-0.2, -0.15) is 5.10 Å². The van der Waals surface area contributed by atoms with Crippen molar-refractivity contribution < 1.29 is 0 Å². The largest absolute Gasteiger partial charge is 0.254 e. The molecule has 1 N–H and O–H groups in total. The minimum absolute atomic E-state index is 0.0102. The highest BCUT2D eigenvalue weighted by atomic mass is 35.5. The molecule has 0 amide bonds. The van der Waals surface area contributed by atoms with Gasteiger partial charge in [0.2, 0.25) is 0 Å². The van der Waals surface area contributed by atoms with E-state index in [1.807, 2.05) is 0 Å². The minimum atomic E-state index is 0.0102. The Hall–Kier alpha value is -0.220. The topological polar surface area (TPSA) is 41.6 Å². The monoisotopic (exact) mass is 219 g/mol. The maximum absolute atomic E-state index is 5.57. The molecule has 3 nitrogen and oxygen atoms in total. The zero-order valence-electron chi connectivity index (χ0n) is 8.09. The third kappa shape index (κ3) is 3.19. The lowest BCUT2D eigenvalue weighted by Crippen LogP contribution is -2.13. The Morgan fingerprint density at radius 1 is 1.46 bits per heavy atom. The highest BCUT2D eigenvalue weighted by Crippen LogP contribution is 2.20. The molecule has 0 unspecified atom stereocenters. The van der Waals surface area contributed by atoms with Crippen LogP contribution in [-0.4, -0.2) is 26.8 Å².